The second-order valence-electron chi connectivity index (χ2n) is 17.0. The van der Waals surface area contributed by atoms with Crippen LogP contribution in [0.3, 0.4) is 0 Å². The van der Waals surface area contributed by atoms with Gasteiger partial charge in [-0.05, 0) is 12.8 Å². The fourth-order valence-electron chi connectivity index (χ4n) is 7.65. The van der Waals surface area contributed by atoms with Crippen molar-refractivity contribution < 1.29 is 53.8 Å². The van der Waals surface area contributed by atoms with E-state index in [-0.39, 0.29) is 26.1 Å². The summed E-state index contributed by atoms with van der Waals surface area (Å²) in [6.45, 7) is 3.84. The summed E-state index contributed by atoms with van der Waals surface area (Å²) in [5.41, 5.74) is 0. The Balaban J connectivity index is 2.30. The third-order valence-electron chi connectivity index (χ3n) is 11.5. The number of aliphatic carboxylic acids is 1. The maximum Gasteiger partial charge on any atom is 0.335 e. The molecule has 6 atom stereocenters. The van der Waals surface area contributed by atoms with E-state index in [4.69, 9.17) is 18.9 Å². The minimum absolute atomic E-state index is 0.191. The molecule has 0 aromatic heterocycles. The summed E-state index contributed by atoms with van der Waals surface area (Å²) >= 11 is 0. The predicted octanol–water partition coefficient (Wildman–Crippen LogP) is 10.7. The zero-order chi connectivity index (χ0) is 42.5. The van der Waals surface area contributed by atoms with Crippen LogP contribution >= 0.6 is 0 Å². The standard InChI is InChI=1S/C47H88O11/c1-3-5-7-9-11-13-15-17-18-19-20-21-22-24-25-27-29-31-33-35-40(48)55-37-39(38-56-47-44(52)42(50)43(51)45(58-47)46(53)54)57-41(49)36-34-32-30-28-26-23-16-14-12-10-8-6-4-2/h39,42-45,47,50-52H,3-38H2,1-2H3,(H,53,54). The summed E-state index contributed by atoms with van der Waals surface area (Å²) < 4.78 is 21.8. The van der Waals surface area contributed by atoms with Crippen LogP contribution in [0.2, 0.25) is 0 Å². The number of aliphatic hydroxyl groups is 3. The molecule has 342 valence electrons. The second-order valence-corrected chi connectivity index (χ2v) is 17.0. The maximum atomic E-state index is 12.8. The molecule has 11 nitrogen and oxygen atoms in total. The van der Waals surface area contributed by atoms with Crippen LogP contribution in [0.1, 0.15) is 232 Å². The Morgan fingerprint density at radius 1 is 0.466 bits per heavy atom. The predicted molar refractivity (Wildman–Crippen MR) is 229 cm³/mol. The number of carbonyl (C=O) groups excluding carboxylic acids is 2. The number of carboxylic acid groups (broad SMARTS) is 1. The van der Waals surface area contributed by atoms with Gasteiger partial charge >= 0.3 is 17.9 Å². The zero-order valence-corrected chi connectivity index (χ0v) is 37.1. The van der Waals surface area contributed by atoms with E-state index in [0.29, 0.717) is 12.8 Å². The van der Waals surface area contributed by atoms with Crippen LogP contribution < -0.4 is 0 Å². The van der Waals surface area contributed by atoms with Gasteiger partial charge in [-0.2, -0.15) is 0 Å². The third kappa shape index (κ3) is 29.4. The number of carbonyl (C=O) groups is 3. The fraction of sp³-hybridized carbons (Fsp3) is 0.936. The average Bonchev–Trinajstić information content (AvgIpc) is 3.21. The lowest BCUT2D eigenvalue weighted by molar-refractivity contribution is -0.298. The van der Waals surface area contributed by atoms with Crippen molar-refractivity contribution >= 4 is 17.9 Å². The van der Waals surface area contributed by atoms with Crippen LogP contribution in [0.15, 0.2) is 0 Å². The van der Waals surface area contributed by atoms with E-state index in [1.165, 1.54) is 154 Å². The first kappa shape index (κ1) is 54.2. The summed E-state index contributed by atoms with van der Waals surface area (Å²) in [6.07, 6.45) is 30.1. The molecular formula is C47H88O11. The number of aliphatic hydroxyl groups excluding tert-OH is 3. The van der Waals surface area contributed by atoms with Gasteiger partial charge in [-0.3, -0.25) is 9.59 Å². The molecule has 11 heteroatoms. The van der Waals surface area contributed by atoms with Gasteiger partial charge in [0.05, 0.1) is 6.61 Å². The van der Waals surface area contributed by atoms with Crippen LogP contribution in [0.5, 0.6) is 0 Å². The Morgan fingerprint density at radius 3 is 1.17 bits per heavy atom. The molecule has 0 aliphatic carbocycles. The fourth-order valence-corrected chi connectivity index (χ4v) is 7.65. The van der Waals surface area contributed by atoms with Crippen molar-refractivity contribution in [3.63, 3.8) is 0 Å². The first-order valence-electron chi connectivity index (χ1n) is 24.1. The smallest absolute Gasteiger partial charge is 0.335 e. The van der Waals surface area contributed by atoms with Gasteiger partial charge in [0.25, 0.3) is 0 Å². The molecule has 0 bridgehead atoms. The van der Waals surface area contributed by atoms with Crippen molar-refractivity contribution in [2.75, 3.05) is 13.2 Å². The molecule has 1 aliphatic heterocycles. The van der Waals surface area contributed by atoms with E-state index < -0.39 is 54.7 Å². The van der Waals surface area contributed by atoms with Crippen molar-refractivity contribution in [1.29, 1.82) is 0 Å². The highest BCUT2D eigenvalue weighted by Gasteiger charge is 2.47. The Morgan fingerprint density at radius 2 is 0.810 bits per heavy atom. The van der Waals surface area contributed by atoms with E-state index in [1.54, 1.807) is 0 Å². The van der Waals surface area contributed by atoms with Gasteiger partial charge in [0.15, 0.2) is 18.5 Å². The number of unbranched alkanes of at least 4 members (excludes halogenated alkanes) is 30. The van der Waals surface area contributed by atoms with Gasteiger partial charge in [-0.1, -0.05) is 206 Å². The maximum absolute atomic E-state index is 12.8. The third-order valence-corrected chi connectivity index (χ3v) is 11.5. The molecule has 0 radical (unpaired) electrons. The summed E-state index contributed by atoms with van der Waals surface area (Å²) in [5, 5.41) is 39.8. The largest absolute Gasteiger partial charge is 0.479 e. The van der Waals surface area contributed by atoms with E-state index >= 15 is 0 Å². The van der Waals surface area contributed by atoms with Crippen molar-refractivity contribution in [3.8, 4) is 0 Å². The quantitative estimate of drug-likeness (QED) is 0.0342. The molecule has 1 aliphatic rings. The SMILES string of the molecule is CCCCCCCCCCCCCCCCCCCCCC(=O)OCC(COC1OC(C(=O)O)C(O)C(O)C1O)OC(=O)CCCCCCCCCCCCCCC. The Bertz CT molecular complexity index is 978. The highest BCUT2D eigenvalue weighted by molar-refractivity contribution is 5.73. The number of hydrogen-bond donors (Lipinski definition) is 4. The number of esters is 2. The van der Waals surface area contributed by atoms with Crippen LogP contribution in [0, 0.1) is 0 Å². The summed E-state index contributed by atoms with van der Waals surface area (Å²) in [6, 6.07) is 0. The minimum Gasteiger partial charge on any atom is -0.479 e. The van der Waals surface area contributed by atoms with Gasteiger partial charge < -0.3 is 39.4 Å². The normalized spacial score (nSPS) is 19.9. The molecule has 58 heavy (non-hydrogen) atoms. The molecule has 0 aromatic carbocycles. The number of rotatable bonds is 41. The zero-order valence-electron chi connectivity index (χ0n) is 37.1. The van der Waals surface area contributed by atoms with Crippen molar-refractivity contribution in [3.05, 3.63) is 0 Å². The lowest BCUT2D eigenvalue weighted by atomic mass is 9.99. The molecule has 0 aromatic rings. The topological polar surface area (TPSA) is 169 Å². The molecule has 6 unspecified atom stereocenters. The van der Waals surface area contributed by atoms with Crippen LogP contribution in [-0.4, -0.2) is 88.4 Å². The molecule has 1 saturated heterocycles. The summed E-state index contributed by atoms with van der Waals surface area (Å²) in [4.78, 5) is 36.8. The van der Waals surface area contributed by atoms with Crippen LogP contribution in [0.25, 0.3) is 0 Å². The Kier molecular flexibility index (Phi) is 35.7. The lowest BCUT2D eigenvalue weighted by Crippen LogP contribution is -2.60. The van der Waals surface area contributed by atoms with Crippen LogP contribution in [-0.2, 0) is 33.3 Å². The monoisotopic (exact) mass is 829 g/mol. The van der Waals surface area contributed by atoms with Crippen molar-refractivity contribution in [2.45, 2.75) is 269 Å². The number of carboxylic acids is 1. The molecule has 0 amide bonds. The highest BCUT2D eigenvalue weighted by Crippen LogP contribution is 2.23. The van der Waals surface area contributed by atoms with Gasteiger partial charge in [-0.15, -0.1) is 0 Å². The summed E-state index contributed by atoms with van der Waals surface area (Å²) in [7, 11) is 0. The van der Waals surface area contributed by atoms with E-state index in [1.807, 2.05) is 0 Å². The average molecular weight is 829 g/mol. The number of ether oxygens (including phenoxy) is 4. The van der Waals surface area contributed by atoms with Gasteiger partial charge in [0.2, 0.25) is 0 Å². The highest BCUT2D eigenvalue weighted by atomic mass is 16.7. The summed E-state index contributed by atoms with van der Waals surface area (Å²) in [5.74, 6) is -2.42. The minimum atomic E-state index is -1.86. The molecule has 1 heterocycles. The first-order chi connectivity index (χ1) is 28.2. The molecule has 1 rings (SSSR count). The van der Waals surface area contributed by atoms with Crippen LogP contribution in [0.4, 0.5) is 0 Å². The Hall–Kier alpha value is -1.79. The lowest BCUT2D eigenvalue weighted by Gasteiger charge is -2.38. The second kappa shape index (κ2) is 38.2. The van der Waals surface area contributed by atoms with Crippen molar-refractivity contribution in [1.82, 2.24) is 0 Å². The number of hydrogen-bond acceptors (Lipinski definition) is 10. The molecule has 4 N–H and O–H groups in total. The first-order valence-corrected chi connectivity index (χ1v) is 24.1. The Labute approximate surface area is 353 Å². The van der Waals surface area contributed by atoms with Gasteiger partial charge in [-0.25, -0.2) is 4.79 Å². The van der Waals surface area contributed by atoms with E-state index in [0.717, 1.165) is 38.5 Å². The molecule has 0 spiro atoms. The molecule has 0 saturated carbocycles. The van der Waals surface area contributed by atoms with Gasteiger partial charge in [0.1, 0.15) is 24.9 Å². The van der Waals surface area contributed by atoms with E-state index in [2.05, 4.69) is 13.8 Å². The molecular weight excluding hydrogens is 741 g/mol. The molecule has 1 fully saturated rings. The van der Waals surface area contributed by atoms with Gasteiger partial charge in [0, 0.05) is 12.8 Å². The van der Waals surface area contributed by atoms with E-state index in [9.17, 15) is 34.8 Å². The van der Waals surface area contributed by atoms with Crippen molar-refractivity contribution in [2.24, 2.45) is 0 Å².